The molecule has 1 fully saturated rings. The number of aryl methyl sites for hydroxylation is 1. The van der Waals surface area contributed by atoms with Crippen LogP contribution in [0.5, 0.6) is 5.75 Å². The molecule has 10 nitrogen and oxygen atoms in total. The summed E-state index contributed by atoms with van der Waals surface area (Å²) in [5.41, 5.74) is -0.119. The fraction of sp³-hybridized carbons (Fsp3) is 0.276. The Morgan fingerprint density at radius 2 is 1.95 bits per heavy atom. The number of amides is 1. The highest BCUT2D eigenvalue weighted by Gasteiger charge is 2.33. The van der Waals surface area contributed by atoms with Gasteiger partial charge in [0.1, 0.15) is 28.5 Å². The summed E-state index contributed by atoms with van der Waals surface area (Å²) < 4.78 is 42.1. The Kier molecular flexibility index (Phi) is 7.97. The highest BCUT2D eigenvalue weighted by molar-refractivity contribution is 7.94. The van der Waals surface area contributed by atoms with Crippen LogP contribution < -0.4 is 10.6 Å². The summed E-state index contributed by atoms with van der Waals surface area (Å²) in [6.07, 6.45) is 2.79. The highest BCUT2D eigenvalue weighted by atomic mass is 32.2. The largest absolute Gasteiger partial charge is 0.507 e. The number of phenolic OH excluding ortho intramolecular Hbond substituents is 1. The summed E-state index contributed by atoms with van der Waals surface area (Å²) >= 11 is 0.454. The van der Waals surface area contributed by atoms with Crippen LogP contribution in [0, 0.1) is 18.6 Å². The Balaban J connectivity index is 1.84. The number of carbonyl (C=O) groups is 1. The van der Waals surface area contributed by atoms with Gasteiger partial charge in [-0.05, 0) is 48.7 Å². The van der Waals surface area contributed by atoms with Crippen molar-refractivity contribution in [3.05, 3.63) is 82.6 Å². The Labute approximate surface area is 244 Å². The smallest absolute Gasteiger partial charge is 0.355 e. The first-order valence-electron chi connectivity index (χ1n) is 13.1. The Hall–Kier alpha value is -4.36. The molecular formula is C29H28F2N6O4S. The number of nitrogens with zero attached hydrogens (tertiary/aromatic N) is 6. The molecule has 0 spiro atoms. The average Bonchev–Trinajstić information content (AvgIpc) is 2.96. The van der Waals surface area contributed by atoms with Crippen molar-refractivity contribution in [3.63, 3.8) is 0 Å². The maximum absolute atomic E-state index is 15.8. The molecule has 1 saturated heterocycles. The number of pyridine rings is 2. The molecule has 218 valence electrons. The first kappa shape index (κ1) is 29.1. The number of benzene rings is 1. The molecule has 4 aromatic rings. The Morgan fingerprint density at radius 1 is 1.19 bits per heavy atom. The second-order valence-corrected chi connectivity index (χ2v) is 10.9. The van der Waals surface area contributed by atoms with Crippen molar-refractivity contribution in [2.24, 2.45) is 0 Å². The molecule has 13 heteroatoms. The zero-order valence-electron chi connectivity index (χ0n) is 23.1. The van der Waals surface area contributed by atoms with E-state index in [4.69, 9.17) is 0 Å². The molecule has 1 amide bonds. The predicted molar refractivity (Wildman–Crippen MR) is 157 cm³/mol. The van der Waals surface area contributed by atoms with Crippen LogP contribution in [-0.2, 0) is 4.79 Å². The van der Waals surface area contributed by atoms with Crippen LogP contribution in [0.2, 0.25) is 0 Å². The number of aromatic hydroxyl groups is 1. The summed E-state index contributed by atoms with van der Waals surface area (Å²) in [4.78, 5) is 42.5. The fourth-order valence-corrected chi connectivity index (χ4v) is 5.71. The van der Waals surface area contributed by atoms with Crippen LogP contribution in [0.1, 0.15) is 31.0 Å². The van der Waals surface area contributed by atoms with E-state index in [9.17, 15) is 23.6 Å². The lowest BCUT2D eigenvalue weighted by Crippen LogP contribution is -2.54. The van der Waals surface area contributed by atoms with Crippen LogP contribution in [0.3, 0.4) is 0 Å². The van der Waals surface area contributed by atoms with Crippen molar-refractivity contribution < 1.29 is 23.2 Å². The second kappa shape index (κ2) is 11.5. The second-order valence-electron chi connectivity index (χ2n) is 10.1. The summed E-state index contributed by atoms with van der Waals surface area (Å²) in [6.45, 7) is 9.57. The molecule has 42 heavy (non-hydrogen) atoms. The minimum atomic E-state index is -0.961. The maximum atomic E-state index is 15.8. The van der Waals surface area contributed by atoms with E-state index in [1.54, 1.807) is 24.1 Å². The fourth-order valence-electron chi connectivity index (χ4n) is 5.15. The number of fused-ring (bicyclic) bond motifs is 1. The van der Waals surface area contributed by atoms with Gasteiger partial charge in [-0.25, -0.2) is 23.1 Å². The number of hydrogen-bond acceptors (Lipinski definition) is 9. The molecule has 0 radical (unpaired) electrons. The molecule has 0 saturated carbocycles. The van der Waals surface area contributed by atoms with Gasteiger partial charge >= 0.3 is 5.69 Å². The molecule has 1 atom stereocenters. The highest BCUT2D eigenvalue weighted by Crippen LogP contribution is 2.37. The van der Waals surface area contributed by atoms with Gasteiger partial charge in [0.2, 0.25) is 5.91 Å². The van der Waals surface area contributed by atoms with Crippen molar-refractivity contribution in [1.82, 2.24) is 24.4 Å². The number of piperazine rings is 1. The topological polar surface area (TPSA) is 125 Å². The van der Waals surface area contributed by atoms with E-state index in [2.05, 4.69) is 21.5 Å². The van der Waals surface area contributed by atoms with Gasteiger partial charge in [-0.3, -0.25) is 9.78 Å². The number of halogens is 2. The lowest BCUT2D eigenvalue weighted by molar-refractivity contribution is -0.126. The molecule has 1 unspecified atom stereocenters. The minimum absolute atomic E-state index is 0.0341. The van der Waals surface area contributed by atoms with Gasteiger partial charge in [0, 0.05) is 31.3 Å². The summed E-state index contributed by atoms with van der Waals surface area (Å²) in [6, 6.07) is 6.37. The number of carbonyl (C=O) groups excluding carboxylic acids is 1. The monoisotopic (exact) mass is 594 g/mol. The number of rotatable bonds is 6. The summed E-state index contributed by atoms with van der Waals surface area (Å²) in [5.74, 6) is -2.79. The average molecular weight is 595 g/mol. The molecule has 4 heterocycles. The van der Waals surface area contributed by atoms with E-state index in [1.807, 2.05) is 13.8 Å². The third-order valence-corrected chi connectivity index (χ3v) is 7.82. The number of aromatic nitrogens is 4. The van der Waals surface area contributed by atoms with Crippen molar-refractivity contribution in [2.75, 3.05) is 24.5 Å². The quantitative estimate of drug-likeness (QED) is 0.243. The maximum Gasteiger partial charge on any atom is 0.355 e. The van der Waals surface area contributed by atoms with Crippen LogP contribution in [0.15, 0.2) is 54.0 Å². The predicted octanol–water partition coefficient (Wildman–Crippen LogP) is 4.63. The van der Waals surface area contributed by atoms with Gasteiger partial charge in [-0.2, -0.15) is 4.98 Å². The molecule has 3 aromatic heterocycles. The third-order valence-electron chi connectivity index (χ3n) is 7.17. The van der Waals surface area contributed by atoms with Crippen LogP contribution in [0.25, 0.3) is 28.0 Å². The SMILES string of the molecule is C=CC(=O)N1CCN(c2nc(=O)n(-c3c(C)ccnc3C(C)C)c3nc(-c4c(O)cccc4F)c(F)cc23)C(SO)C1. The van der Waals surface area contributed by atoms with Crippen molar-refractivity contribution in [3.8, 4) is 22.7 Å². The zero-order valence-corrected chi connectivity index (χ0v) is 23.9. The lowest BCUT2D eigenvalue weighted by Gasteiger charge is -2.40. The normalized spacial score (nSPS) is 15.5. The minimum Gasteiger partial charge on any atom is -0.507 e. The van der Waals surface area contributed by atoms with E-state index in [0.29, 0.717) is 29.0 Å². The molecule has 0 aliphatic carbocycles. The zero-order chi connectivity index (χ0) is 30.3. The van der Waals surface area contributed by atoms with Gasteiger partial charge in [0.25, 0.3) is 0 Å². The van der Waals surface area contributed by atoms with E-state index in [0.717, 1.165) is 12.1 Å². The summed E-state index contributed by atoms with van der Waals surface area (Å²) in [7, 11) is 0. The molecule has 1 aromatic carbocycles. The van der Waals surface area contributed by atoms with Crippen LogP contribution >= 0.6 is 12.0 Å². The first-order chi connectivity index (χ1) is 20.1. The van der Waals surface area contributed by atoms with Crippen molar-refractivity contribution >= 4 is 34.8 Å². The Morgan fingerprint density at radius 3 is 2.62 bits per heavy atom. The van der Waals surface area contributed by atoms with Crippen molar-refractivity contribution in [1.29, 1.82) is 0 Å². The van der Waals surface area contributed by atoms with E-state index >= 15 is 4.39 Å². The molecule has 5 rings (SSSR count). The van der Waals surface area contributed by atoms with Gasteiger partial charge in [-0.1, -0.05) is 26.5 Å². The molecule has 0 bridgehead atoms. The van der Waals surface area contributed by atoms with Gasteiger partial charge in [0.15, 0.2) is 11.5 Å². The molecular weight excluding hydrogens is 566 g/mol. The summed E-state index contributed by atoms with van der Waals surface area (Å²) in [5, 5.41) is 9.80. The van der Waals surface area contributed by atoms with Crippen LogP contribution in [0.4, 0.5) is 14.6 Å². The third kappa shape index (κ3) is 4.98. The van der Waals surface area contributed by atoms with Gasteiger partial charge in [0.05, 0.1) is 28.9 Å². The number of phenols is 1. The lowest BCUT2D eigenvalue weighted by atomic mass is 10.0. The van der Waals surface area contributed by atoms with Crippen molar-refractivity contribution in [2.45, 2.75) is 32.1 Å². The first-order valence-corrected chi connectivity index (χ1v) is 14.0. The Bertz CT molecular complexity index is 1760. The van der Waals surface area contributed by atoms with E-state index in [1.165, 1.54) is 27.7 Å². The molecule has 2 N–H and O–H groups in total. The molecule has 1 aliphatic rings. The van der Waals surface area contributed by atoms with Gasteiger partial charge < -0.3 is 19.5 Å². The van der Waals surface area contributed by atoms with E-state index in [-0.39, 0.29) is 48.3 Å². The standard InChI is InChI=1S/C29H28F2N6O4S/c1-5-21(39)35-11-12-36(22(14-35)42-41)27-17-13-19(31)25(23-18(30)7-6-8-20(23)38)33-28(17)37(29(40)34-27)26-16(4)9-10-32-24(26)15(2)3/h5-10,13,15,22,38,41H,1,11-12,14H2,2-4H3. The van der Waals surface area contributed by atoms with E-state index < -0.39 is 39.7 Å². The number of hydrogen-bond donors (Lipinski definition) is 2. The van der Waals surface area contributed by atoms with Crippen LogP contribution in [-0.4, -0.2) is 65.0 Å². The molecule has 1 aliphatic heterocycles. The van der Waals surface area contributed by atoms with Gasteiger partial charge in [-0.15, -0.1) is 0 Å². The number of anilines is 1.